The van der Waals surface area contributed by atoms with Crippen molar-refractivity contribution in [3.63, 3.8) is 0 Å². The quantitative estimate of drug-likeness (QED) is 0.676. The number of hydrogen-bond donors (Lipinski definition) is 1. The molecule has 7 heteroatoms. The van der Waals surface area contributed by atoms with Gasteiger partial charge in [-0.1, -0.05) is 0 Å². The third-order valence-electron chi connectivity index (χ3n) is 2.59. The van der Waals surface area contributed by atoms with Crippen molar-refractivity contribution < 1.29 is 9.66 Å². The first kappa shape index (κ1) is 13.3. The lowest BCUT2D eigenvalue weighted by Gasteiger charge is -2.09. The second kappa shape index (κ2) is 5.67. The zero-order chi connectivity index (χ0) is 14.5. The van der Waals surface area contributed by atoms with E-state index in [1.54, 1.807) is 18.2 Å². The normalized spacial score (nSPS) is 9.60. The first-order chi connectivity index (χ1) is 9.65. The van der Waals surface area contributed by atoms with E-state index in [9.17, 15) is 10.1 Å². The van der Waals surface area contributed by atoms with Gasteiger partial charge in [-0.25, -0.2) is 4.98 Å². The van der Waals surface area contributed by atoms with Crippen LogP contribution in [0.1, 0.15) is 5.56 Å². The van der Waals surface area contributed by atoms with Gasteiger partial charge in [0.25, 0.3) is 5.69 Å². The second-order valence-electron chi connectivity index (χ2n) is 3.78. The Labute approximate surface area is 114 Å². The number of pyridine rings is 1. The number of nitrogens with one attached hydrogen (secondary N) is 1. The van der Waals surface area contributed by atoms with Crippen LogP contribution in [0.3, 0.4) is 0 Å². The lowest BCUT2D eigenvalue weighted by atomic mass is 10.2. The number of benzene rings is 1. The number of nitro groups is 1. The first-order valence-electron chi connectivity index (χ1n) is 5.60. The zero-order valence-corrected chi connectivity index (χ0v) is 10.5. The first-order valence-corrected chi connectivity index (χ1v) is 5.60. The fourth-order valence-corrected chi connectivity index (χ4v) is 1.62. The SMILES string of the molecule is COc1ccnc(Nc2ccc([N+](=O)[O-])cc2)c1C#N. The Balaban J connectivity index is 2.30. The highest BCUT2D eigenvalue weighted by Gasteiger charge is 2.11. The molecule has 0 fully saturated rings. The maximum atomic E-state index is 10.6. The molecule has 0 bridgehead atoms. The van der Waals surface area contributed by atoms with Crippen molar-refractivity contribution in [3.8, 4) is 11.8 Å². The van der Waals surface area contributed by atoms with Gasteiger partial charge in [0.05, 0.1) is 12.0 Å². The molecule has 0 saturated carbocycles. The van der Waals surface area contributed by atoms with Crippen LogP contribution in [0.25, 0.3) is 0 Å². The van der Waals surface area contributed by atoms with Gasteiger partial charge in [-0.2, -0.15) is 5.26 Å². The summed E-state index contributed by atoms with van der Waals surface area (Å²) < 4.78 is 5.07. The molecular formula is C13H10N4O3. The van der Waals surface area contributed by atoms with Crippen LogP contribution in [-0.4, -0.2) is 17.0 Å². The van der Waals surface area contributed by atoms with Gasteiger partial charge in [-0.15, -0.1) is 0 Å². The molecule has 7 nitrogen and oxygen atoms in total. The molecule has 0 aliphatic rings. The van der Waals surface area contributed by atoms with E-state index in [0.29, 0.717) is 17.3 Å². The predicted octanol–water partition coefficient (Wildman–Crippen LogP) is 2.61. The van der Waals surface area contributed by atoms with Gasteiger partial charge in [0, 0.05) is 24.0 Å². The molecule has 0 aliphatic heterocycles. The van der Waals surface area contributed by atoms with E-state index in [-0.39, 0.29) is 11.3 Å². The lowest BCUT2D eigenvalue weighted by molar-refractivity contribution is -0.384. The standard InChI is InChI=1S/C13H10N4O3/c1-20-12-6-7-15-13(11(12)8-14)16-9-2-4-10(5-3-9)17(18)19/h2-7H,1H3,(H,15,16). The molecule has 0 unspecified atom stereocenters. The van der Waals surface area contributed by atoms with Gasteiger partial charge in [0.15, 0.2) is 5.82 Å². The fourth-order valence-electron chi connectivity index (χ4n) is 1.62. The van der Waals surface area contributed by atoms with E-state index in [1.165, 1.54) is 25.4 Å². The molecule has 2 aromatic rings. The van der Waals surface area contributed by atoms with Crippen molar-refractivity contribution in [2.45, 2.75) is 0 Å². The largest absolute Gasteiger partial charge is 0.495 e. The summed E-state index contributed by atoms with van der Waals surface area (Å²) in [6.45, 7) is 0. The van der Waals surface area contributed by atoms with Crippen molar-refractivity contribution in [2.75, 3.05) is 12.4 Å². The summed E-state index contributed by atoms with van der Waals surface area (Å²) in [5, 5.41) is 22.6. The van der Waals surface area contributed by atoms with Crippen LogP contribution < -0.4 is 10.1 Å². The minimum absolute atomic E-state index is 0.00495. The maximum Gasteiger partial charge on any atom is 0.269 e. The van der Waals surface area contributed by atoms with Gasteiger partial charge in [0.1, 0.15) is 17.4 Å². The van der Waals surface area contributed by atoms with Crippen LogP contribution in [0.15, 0.2) is 36.5 Å². The van der Waals surface area contributed by atoms with E-state index < -0.39 is 4.92 Å². The number of nitrogens with zero attached hydrogens (tertiary/aromatic N) is 3. The van der Waals surface area contributed by atoms with Crippen molar-refractivity contribution in [1.82, 2.24) is 4.98 Å². The molecule has 20 heavy (non-hydrogen) atoms. The van der Waals surface area contributed by atoms with Crippen molar-refractivity contribution in [2.24, 2.45) is 0 Å². The van der Waals surface area contributed by atoms with Gasteiger partial charge >= 0.3 is 0 Å². The van der Waals surface area contributed by atoms with E-state index in [1.807, 2.05) is 6.07 Å². The Hall–Kier alpha value is -3.14. The summed E-state index contributed by atoms with van der Waals surface area (Å²) in [5.74, 6) is 0.743. The molecule has 0 aliphatic carbocycles. The number of hydrogen-bond acceptors (Lipinski definition) is 6. The zero-order valence-electron chi connectivity index (χ0n) is 10.5. The third-order valence-corrected chi connectivity index (χ3v) is 2.59. The number of non-ortho nitro benzene ring substituents is 1. The minimum Gasteiger partial charge on any atom is -0.495 e. The number of nitro benzene ring substituents is 1. The Morgan fingerprint density at radius 1 is 1.35 bits per heavy atom. The topological polar surface area (TPSA) is 101 Å². The molecule has 0 atom stereocenters. The molecule has 0 spiro atoms. The number of aromatic nitrogens is 1. The molecule has 2 rings (SSSR count). The van der Waals surface area contributed by atoms with Crippen molar-refractivity contribution in [1.29, 1.82) is 5.26 Å². The van der Waals surface area contributed by atoms with Gasteiger partial charge < -0.3 is 10.1 Å². The smallest absolute Gasteiger partial charge is 0.269 e. The minimum atomic E-state index is -0.478. The monoisotopic (exact) mass is 270 g/mol. The molecule has 0 radical (unpaired) electrons. The molecule has 0 amide bonds. The Kier molecular flexibility index (Phi) is 3.77. The number of ether oxygens (including phenoxy) is 1. The van der Waals surface area contributed by atoms with Crippen LogP contribution in [0, 0.1) is 21.4 Å². The summed E-state index contributed by atoms with van der Waals surface area (Å²) in [4.78, 5) is 14.2. The van der Waals surface area contributed by atoms with Crippen LogP contribution in [-0.2, 0) is 0 Å². The number of anilines is 2. The Morgan fingerprint density at radius 3 is 2.60 bits per heavy atom. The van der Waals surface area contributed by atoms with Gasteiger partial charge in [-0.3, -0.25) is 10.1 Å². The average Bonchev–Trinajstić information content (AvgIpc) is 2.47. The Morgan fingerprint density at radius 2 is 2.05 bits per heavy atom. The lowest BCUT2D eigenvalue weighted by Crippen LogP contribution is -1.99. The highest BCUT2D eigenvalue weighted by Crippen LogP contribution is 2.26. The molecule has 1 aromatic heterocycles. The summed E-state index contributed by atoms with van der Waals surface area (Å²) in [6.07, 6.45) is 1.51. The molecular weight excluding hydrogens is 260 g/mol. The van der Waals surface area contributed by atoms with Crippen LogP contribution in [0.4, 0.5) is 17.2 Å². The summed E-state index contributed by atoms with van der Waals surface area (Å²) >= 11 is 0. The summed E-state index contributed by atoms with van der Waals surface area (Å²) in [5.41, 5.74) is 0.857. The molecule has 0 saturated heterocycles. The number of rotatable bonds is 4. The maximum absolute atomic E-state index is 10.6. The van der Waals surface area contributed by atoms with Crippen LogP contribution in [0.2, 0.25) is 0 Å². The van der Waals surface area contributed by atoms with Crippen LogP contribution >= 0.6 is 0 Å². The fraction of sp³-hybridized carbons (Fsp3) is 0.0769. The third kappa shape index (κ3) is 2.64. The van der Waals surface area contributed by atoms with E-state index in [0.717, 1.165) is 0 Å². The highest BCUT2D eigenvalue weighted by atomic mass is 16.6. The summed E-state index contributed by atoms with van der Waals surface area (Å²) in [6, 6.07) is 9.41. The molecule has 100 valence electrons. The molecule has 1 heterocycles. The molecule has 1 aromatic carbocycles. The highest BCUT2D eigenvalue weighted by molar-refractivity contribution is 5.66. The van der Waals surface area contributed by atoms with Gasteiger partial charge in [0.2, 0.25) is 0 Å². The van der Waals surface area contributed by atoms with E-state index in [4.69, 9.17) is 10.00 Å². The Bertz CT molecular complexity index is 677. The number of methoxy groups -OCH3 is 1. The van der Waals surface area contributed by atoms with Gasteiger partial charge in [-0.05, 0) is 18.2 Å². The number of nitriles is 1. The average molecular weight is 270 g/mol. The summed E-state index contributed by atoms with van der Waals surface area (Å²) in [7, 11) is 1.46. The van der Waals surface area contributed by atoms with E-state index >= 15 is 0 Å². The van der Waals surface area contributed by atoms with E-state index in [2.05, 4.69) is 10.3 Å². The second-order valence-corrected chi connectivity index (χ2v) is 3.78. The predicted molar refractivity (Wildman–Crippen MR) is 71.9 cm³/mol. The van der Waals surface area contributed by atoms with Crippen molar-refractivity contribution >= 4 is 17.2 Å². The van der Waals surface area contributed by atoms with Crippen LogP contribution in [0.5, 0.6) is 5.75 Å². The van der Waals surface area contributed by atoms with Crippen molar-refractivity contribution in [3.05, 3.63) is 52.2 Å². The molecule has 1 N–H and O–H groups in total.